The fraction of sp³-hybridized carbons (Fsp3) is 0.579. The molecule has 0 spiro atoms. The lowest BCUT2D eigenvalue weighted by Gasteiger charge is -2.30. The summed E-state index contributed by atoms with van der Waals surface area (Å²) in [5.41, 5.74) is 4.26. The Hall–Kier alpha value is -1.62. The summed E-state index contributed by atoms with van der Waals surface area (Å²) in [4.78, 5) is 12.2. The predicted octanol–water partition coefficient (Wildman–Crippen LogP) is 3.59. The maximum absolute atomic E-state index is 12.2. The third kappa shape index (κ3) is 5.20. The van der Waals surface area contributed by atoms with E-state index in [-0.39, 0.29) is 12.5 Å². The molecule has 132 valence electrons. The molecule has 1 aliphatic rings. The van der Waals surface area contributed by atoms with Gasteiger partial charge >= 0.3 is 0 Å². The highest BCUT2D eigenvalue weighted by molar-refractivity contribution is 7.80. The maximum Gasteiger partial charge on any atom is 0.243 e. The van der Waals surface area contributed by atoms with Crippen LogP contribution in [0, 0.1) is 26.7 Å². The maximum atomic E-state index is 12.2. The third-order valence-corrected chi connectivity index (χ3v) is 5.04. The monoisotopic (exact) mass is 347 g/mol. The first-order valence-corrected chi connectivity index (χ1v) is 9.19. The average molecular weight is 348 g/mol. The Morgan fingerprint density at radius 1 is 1.17 bits per heavy atom. The van der Waals surface area contributed by atoms with E-state index in [1.54, 1.807) is 0 Å². The van der Waals surface area contributed by atoms with Gasteiger partial charge in [-0.2, -0.15) is 0 Å². The number of hydrogen-bond donors (Lipinski definition) is 3. The molecule has 0 bridgehead atoms. The zero-order valence-corrected chi connectivity index (χ0v) is 16.0. The lowest BCUT2D eigenvalue weighted by molar-refractivity contribution is -0.115. The lowest BCUT2D eigenvalue weighted by atomic mass is 9.86. The smallest absolute Gasteiger partial charge is 0.243 e. The Kier molecular flexibility index (Phi) is 6.60. The van der Waals surface area contributed by atoms with Gasteiger partial charge in [0.05, 0.1) is 6.54 Å². The van der Waals surface area contributed by atoms with Gasteiger partial charge in [0.25, 0.3) is 0 Å². The van der Waals surface area contributed by atoms with Crippen LogP contribution in [0.2, 0.25) is 0 Å². The summed E-state index contributed by atoms with van der Waals surface area (Å²) in [6, 6.07) is 4.57. The van der Waals surface area contributed by atoms with E-state index in [9.17, 15) is 4.79 Å². The first-order valence-electron chi connectivity index (χ1n) is 8.79. The second-order valence-electron chi connectivity index (χ2n) is 7.02. The topological polar surface area (TPSA) is 53.2 Å². The highest BCUT2D eigenvalue weighted by atomic mass is 32.1. The third-order valence-electron chi connectivity index (χ3n) is 4.78. The second-order valence-corrected chi connectivity index (χ2v) is 7.43. The summed E-state index contributed by atoms with van der Waals surface area (Å²) in [6.07, 6.45) is 4.94. The van der Waals surface area contributed by atoms with Gasteiger partial charge in [0, 0.05) is 11.7 Å². The van der Waals surface area contributed by atoms with E-state index in [0.717, 1.165) is 23.2 Å². The normalized spacial score (nSPS) is 20.3. The van der Waals surface area contributed by atoms with E-state index in [1.807, 2.05) is 13.8 Å². The molecule has 2 atom stereocenters. The van der Waals surface area contributed by atoms with Crippen molar-refractivity contribution in [1.82, 2.24) is 10.6 Å². The van der Waals surface area contributed by atoms with Gasteiger partial charge in [-0.25, -0.2) is 0 Å². The van der Waals surface area contributed by atoms with Crippen molar-refractivity contribution < 1.29 is 4.79 Å². The molecule has 1 aromatic rings. The van der Waals surface area contributed by atoms with E-state index in [1.165, 1.54) is 24.8 Å². The van der Waals surface area contributed by atoms with Crippen LogP contribution >= 0.6 is 12.2 Å². The van der Waals surface area contributed by atoms with Crippen molar-refractivity contribution >= 4 is 28.9 Å². The lowest BCUT2D eigenvalue weighted by Crippen LogP contribution is -2.47. The quantitative estimate of drug-likeness (QED) is 0.729. The first kappa shape index (κ1) is 18.7. The highest BCUT2D eigenvalue weighted by Gasteiger charge is 2.21. The Morgan fingerprint density at radius 2 is 1.79 bits per heavy atom. The molecule has 2 rings (SSSR count). The minimum atomic E-state index is -0.0779. The van der Waals surface area contributed by atoms with Gasteiger partial charge in [-0.1, -0.05) is 37.5 Å². The van der Waals surface area contributed by atoms with Crippen LogP contribution in [0.15, 0.2) is 12.1 Å². The number of thiocarbonyl (C=S) groups is 1. The van der Waals surface area contributed by atoms with Crippen molar-refractivity contribution in [1.29, 1.82) is 0 Å². The zero-order valence-electron chi connectivity index (χ0n) is 15.2. The van der Waals surface area contributed by atoms with Gasteiger partial charge < -0.3 is 16.0 Å². The minimum absolute atomic E-state index is 0.0779. The van der Waals surface area contributed by atoms with Crippen LogP contribution in [-0.4, -0.2) is 23.6 Å². The summed E-state index contributed by atoms with van der Waals surface area (Å²) in [5.74, 6) is 0.552. The van der Waals surface area contributed by atoms with E-state index in [0.29, 0.717) is 17.1 Å². The molecule has 1 amide bonds. The van der Waals surface area contributed by atoms with Crippen LogP contribution in [0.25, 0.3) is 0 Å². The molecule has 0 saturated heterocycles. The highest BCUT2D eigenvalue weighted by Crippen LogP contribution is 2.23. The molecule has 0 unspecified atom stereocenters. The number of benzene rings is 1. The van der Waals surface area contributed by atoms with Gasteiger partial charge in [0.2, 0.25) is 5.91 Å². The van der Waals surface area contributed by atoms with Crippen LogP contribution in [0.5, 0.6) is 0 Å². The summed E-state index contributed by atoms with van der Waals surface area (Å²) >= 11 is 5.34. The van der Waals surface area contributed by atoms with Crippen molar-refractivity contribution in [3.05, 3.63) is 28.8 Å². The van der Waals surface area contributed by atoms with E-state index < -0.39 is 0 Å². The molecule has 0 aliphatic heterocycles. The fourth-order valence-electron chi connectivity index (χ4n) is 3.47. The van der Waals surface area contributed by atoms with Crippen LogP contribution in [0.3, 0.4) is 0 Å². The van der Waals surface area contributed by atoms with Crippen molar-refractivity contribution in [3.8, 4) is 0 Å². The fourth-order valence-corrected chi connectivity index (χ4v) is 3.70. The Balaban J connectivity index is 1.82. The van der Waals surface area contributed by atoms with Crippen LogP contribution in [0.4, 0.5) is 5.69 Å². The average Bonchev–Trinajstić information content (AvgIpc) is 2.51. The predicted molar refractivity (Wildman–Crippen MR) is 104 cm³/mol. The molecule has 1 aliphatic carbocycles. The summed E-state index contributed by atoms with van der Waals surface area (Å²) in [7, 11) is 0. The minimum Gasteiger partial charge on any atom is -0.360 e. The van der Waals surface area contributed by atoms with E-state index >= 15 is 0 Å². The van der Waals surface area contributed by atoms with Gasteiger partial charge in [-0.3, -0.25) is 4.79 Å². The number of amides is 1. The summed E-state index contributed by atoms with van der Waals surface area (Å²) in [5, 5.41) is 9.94. The number of carbonyl (C=O) groups is 1. The summed E-state index contributed by atoms with van der Waals surface area (Å²) in [6.45, 7) is 8.53. The van der Waals surface area contributed by atoms with Crippen molar-refractivity contribution in [2.24, 2.45) is 5.92 Å². The number of nitrogens with one attached hydrogen (secondary N) is 3. The Bertz CT molecular complexity index is 592. The van der Waals surface area contributed by atoms with Crippen LogP contribution in [0.1, 0.15) is 49.3 Å². The molecule has 0 aromatic heterocycles. The molecule has 1 saturated carbocycles. The molecule has 0 heterocycles. The molecule has 4 nitrogen and oxygen atoms in total. The van der Waals surface area contributed by atoms with Crippen molar-refractivity contribution in [3.63, 3.8) is 0 Å². The van der Waals surface area contributed by atoms with Gasteiger partial charge in [0.15, 0.2) is 5.11 Å². The number of carbonyl (C=O) groups excluding carboxylic acids is 1. The largest absolute Gasteiger partial charge is 0.360 e. The molecular weight excluding hydrogens is 318 g/mol. The Morgan fingerprint density at radius 3 is 2.42 bits per heavy atom. The van der Waals surface area contributed by atoms with Crippen LogP contribution in [-0.2, 0) is 4.79 Å². The van der Waals surface area contributed by atoms with Gasteiger partial charge in [0.1, 0.15) is 0 Å². The van der Waals surface area contributed by atoms with Gasteiger partial charge in [-0.15, -0.1) is 0 Å². The number of aryl methyl sites for hydroxylation is 3. The zero-order chi connectivity index (χ0) is 17.7. The number of anilines is 1. The van der Waals surface area contributed by atoms with Crippen LogP contribution < -0.4 is 16.0 Å². The van der Waals surface area contributed by atoms with Gasteiger partial charge in [-0.05, 0) is 62.9 Å². The van der Waals surface area contributed by atoms with E-state index in [2.05, 4.69) is 41.9 Å². The summed E-state index contributed by atoms with van der Waals surface area (Å²) < 4.78 is 0. The molecule has 0 radical (unpaired) electrons. The van der Waals surface area contributed by atoms with Crippen molar-refractivity contribution in [2.75, 3.05) is 11.9 Å². The molecule has 24 heavy (non-hydrogen) atoms. The van der Waals surface area contributed by atoms with Crippen molar-refractivity contribution in [2.45, 2.75) is 59.4 Å². The second kappa shape index (κ2) is 8.47. The number of rotatable bonds is 4. The standard InChI is InChI=1S/C19H29N3OS/c1-12-9-14(3)18(15(4)10-12)22-17(23)11-20-19(24)21-16-8-6-5-7-13(16)2/h9-10,13,16H,5-8,11H2,1-4H3,(H,22,23)(H2,20,21,24)/t13-,16-/m0/s1. The number of hydrogen-bond acceptors (Lipinski definition) is 2. The molecular formula is C19H29N3OS. The molecule has 1 aromatic carbocycles. The van der Waals surface area contributed by atoms with E-state index in [4.69, 9.17) is 12.2 Å². The molecule has 5 heteroatoms. The molecule has 3 N–H and O–H groups in total. The SMILES string of the molecule is Cc1cc(C)c(NC(=O)CNC(=S)N[C@H]2CCCC[C@@H]2C)c(C)c1. The first-order chi connectivity index (χ1) is 11.4. The molecule has 1 fully saturated rings. The Labute approximate surface area is 150 Å².